The highest BCUT2D eigenvalue weighted by Crippen LogP contribution is 2.32. The van der Waals surface area contributed by atoms with Crippen LogP contribution in [0.4, 0.5) is 17.6 Å². The van der Waals surface area contributed by atoms with E-state index in [1.807, 2.05) is 12.1 Å². The van der Waals surface area contributed by atoms with Gasteiger partial charge in [-0.2, -0.15) is 13.2 Å². The molecule has 0 fully saturated rings. The number of benzene rings is 2. The van der Waals surface area contributed by atoms with E-state index in [0.29, 0.717) is 18.8 Å². The quantitative estimate of drug-likeness (QED) is 0.597. The first-order chi connectivity index (χ1) is 11.4. The zero-order valence-corrected chi connectivity index (χ0v) is 12.7. The molecule has 3 nitrogen and oxygen atoms in total. The number of nitrogens with one attached hydrogen (secondary N) is 1. The number of ether oxygens (including phenoxy) is 1. The van der Waals surface area contributed by atoms with E-state index in [1.165, 1.54) is 6.07 Å². The van der Waals surface area contributed by atoms with Gasteiger partial charge in [-0.05, 0) is 23.8 Å². The van der Waals surface area contributed by atoms with E-state index < -0.39 is 17.6 Å². The summed E-state index contributed by atoms with van der Waals surface area (Å²) in [6.45, 7) is 0.758. The molecule has 0 saturated heterocycles. The first-order valence-corrected chi connectivity index (χ1v) is 7.29. The third kappa shape index (κ3) is 4.94. The summed E-state index contributed by atoms with van der Waals surface area (Å²) in [6, 6.07) is 9.87. The van der Waals surface area contributed by atoms with Gasteiger partial charge in [0.25, 0.3) is 0 Å². The van der Waals surface area contributed by atoms with Crippen LogP contribution in [0.3, 0.4) is 0 Å². The second kappa shape index (κ2) is 8.12. The monoisotopic (exact) mass is 343 g/mol. The molecular formula is C17H17F4NO2. The zero-order valence-electron chi connectivity index (χ0n) is 12.7. The molecule has 24 heavy (non-hydrogen) atoms. The smallest absolute Gasteiger partial charge is 0.419 e. The molecule has 0 spiro atoms. The lowest BCUT2D eigenvalue weighted by atomic mass is 10.1. The molecule has 0 amide bonds. The first kappa shape index (κ1) is 18.2. The van der Waals surface area contributed by atoms with Crippen LogP contribution in [-0.2, 0) is 19.3 Å². The van der Waals surface area contributed by atoms with Gasteiger partial charge < -0.3 is 15.2 Å². The van der Waals surface area contributed by atoms with E-state index in [2.05, 4.69) is 5.32 Å². The van der Waals surface area contributed by atoms with E-state index in [4.69, 9.17) is 9.84 Å². The molecule has 2 aromatic carbocycles. The maximum absolute atomic E-state index is 13.3. The third-order valence-corrected chi connectivity index (χ3v) is 3.31. The zero-order chi connectivity index (χ0) is 17.6. The Bertz CT molecular complexity index is 674. The Kier molecular flexibility index (Phi) is 6.16. The molecule has 0 heterocycles. The fourth-order valence-corrected chi connectivity index (χ4v) is 2.13. The summed E-state index contributed by atoms with van der Waals surface area (Å²) in [5.74, 6) is -0.791. The molecule has 0 aliphatic carbocycles. The molecule has 0 radical (unpaired) electrons. The SMILES string of the molecule is OCCNCc1ccccc1OCc1ccc(F)c(C(F)(F)F)c1. The minimum atomic E-state index is -4.74. The predicted octanol–water partition coefficient (Wildman–Crippen LogP) is 3.51. The van der Waals surface area contributed by atoms with Gasteiger partial charge in [-0.1, -0.05) is 24.3 Å². The second-order valence-electron chi connectivity index (χ2n) is 5.11. The van der Waals surface area contributed by atoms with Crippen molar-refractivity contribution >= 4 is 0 Å². The van der Waals surface area contributed by atoms with Crippen molar-refractivity contribution in [3.63, 3.8) is 0 Å². The molecule has 0 saturated carbocycles. The average Bonchev–Trinajstić information content (AvgIpc) is 2.54. The van der Waals surface area contributed by atoms with Crippen LogP contribution in [-0.4, -0.2) is 18.3 Å². The third-order valence-electron chi connectivity index (χ3n) is 3.31. The Morgan fingerprint density at radius 1 is 1.08 bits per heavy atom. The lowest BCUT2D eigenvalue weighted by molar-refractivity contribution is -0.140. The van der Waals surface area contributed by atoms with Crippen molar-refractivity contribution in [3.05, 3.63) is 65.0 Å². The van der Waals surface area contributed by atoms with Crippen molar-refractivity contribution in [3.8, 4) is 5.75 Å². The first-order valence-electron chi connectivity index (χ1n) is 7.29. The Labute approximate surface area is 136 Å². The highest BCUT2D eigenvalue weighted by molar-refractivity contribution is 5.34. The van der Waals surface area contributed by atoms with Crippen molar-refractivity contribution in [1.29, 1.82) is 0 Å². The summed E-state index contributed by atoms with van der Waals surface area (Å²) in [5.41, 5.74) is -0.271. The van der Waals surface area contributed by atoms with Crippen LogP contribution < -0.4 is 10.1 Å². The minimum absolute atomic E-state index is 0.00117. The number of para-hydroxylation sites is 1. The molecular weight excluding hydrogens is 326 g/mol. The number of aliphatic hydroxyl groups excluding tert-OH is 1. The van der Waals surface area contributed by atoms with E-state index >= 15 is 0 Å². The molecule has 130 valence electrons. The number of rotatable bonds is 7. The largest absolute Gasteiger partial charge is 0.489 e. The van der Waals surface area contributed by atoms with Gasteiger partial charge in [0.1, 0.15) is 18.2 Å². The minimum Gasteiger partial charge on any atom is -0.489 e. The van der Waals surface area contributed by atoms with Crippen molar-refractivity contribution < 1.29 is 27.4 Å². The van der Waals surface area contributed by atoms with Gasteiger partial charge in [0.2, 0.25) is 0 Å². The standard InChI is InChI=1S/C17H17F4NO2/c18-15-6-5-12(9-14(15)17(19,20)21)11-24-16-4-2-1-3-13(16)10-22-7-8-23/h1-6,9,22-23H,7-8,10-11H2. The van der Waals surface area contributed by atoms with Gasteiger partial charge in [-0.25, -0.2) is 4.39 Å². The van der Waals surface area contributed by atoms with Crippen molar-refractivity contribution in [2.45, 2.75) is 19.3 Å². The molecule has 7 heteroatoms. The van der Waals surface area contributed by atoms with Gasteiger partial charge in [-0.15, -0.1) is 0 Å². The Morgan fingerprint density at radius 3 is 2.54 bits per heavy atom. The van der Waals surface area contributed by atoms with Crippen LogP contribution >= 0.6 is 0 Å². The van der Waals surface area contributed by atoms with Crippen LogP contribution in [0.25, 0.3) is 0 Å². The molecule has 0 bridgehead atoms. The summed E-state index contributed by atoms with van der Waals surface area (Å²) >= 11 is 0. The summed E-state index contributed by atoms with van der Waals surface area (Å²) < 4.78 is 57.0. The molecule has 0 aliphatic rings. The fourth-order valence-electron chi connectivity index (χ4n) is 2.13. The highest BCUT2D eigenvalue weighted by Gasteiger charge is 2.34. The molecule has 0 unspecified atom stereocenters. The summed E-state index contributed by atoms with van der Waals surface area (Å²) in [7, 11) is 0. The molecule has 0 aliphatic heterocycles. The molecule has 0 aromatic heterocycles. The van der Waals surface area contributed by atoms with Gasteiger partial charge in [-0.3, -0.25) is 0 Å². The van der Waals surface area contributed by atoms with Crippen molar-refractivity contribution in [1.82, 2.24) is 5.32 Å². The van der Waals surface area contributed by atoms with Crippen LogP contribution in [0, 0.1) is 5.82 Å². The second-order valence-corrected chi connectivity index (χ2v) is 5.11. The summed E-state index contributed by atoms with van der Waals surface area (Å²) in [5, 5.41) is 11.8. The highest BCUT2D eigenvalue weighted by atomic mass is 19.4. The van der Waals surface area contributed by atoms with Gasteiger partial charge in [0.05, 0.1) is 12.2 Å². The average molecular weight is 343 g/mol. The Hall–Kier alpha value is -2.12. The van der Waals surface area contributed by atoms with Crippen LogP contribution in [0.2, 0.25) is 0 Å². The van der Waals surface area contributed by atoms with E-state index in [0.717, 1.165) is 17.7 Å². The van der Waals surface area contributed by atoms with Gasteiger partial charge >= 0.3 is 6.18 Å². The van der Waals surface area contributed by atoms with E-state index in [1.54, 1.807) is 12.1 Å². The van der Waals surface area contributed by atoms with Crippen molar-refractivity contribution in [2.24, 2.45) is 0 Å². The van der Waals surface area contributed by atoms with Crippen LogP contribution in [0.1, 0.15) is 16.7 Å². The molecule has 2 N–H and O–H groups in total. The Morgan fingerprint density at radius 2 is 1.83 bits per heavy atom. The van der Waals surface area contributed by atoms with Gasteiger partial charge in [0, 0.05) is 18.7 Å². The number of halogens is 4. The molecule has 2 rings (SSSR count). The Balaban J connectivity index is 2.09. The topological polar surface area (TPSA) is 41.5 Å². The van der Waals surface area contributed by atoms with E-state index in [-0.39, 0.29) is 18.8 Å². The van der Waals surface area contributed by atoms with Crippen molar-refractivity contribution in [2.75, 3.05) is 13.2 Å². The maximum Gasteiger partial charge on any atom is 0.419 e. The number of alkyl halides is 3. The predicted molar refractivity (Wildman–Crippen MR) is 81.0 cm³/mol. The normalized spacial score (nSPS) is 11.5. The lowest BCUT2D eigenvalue weighted by Gasteiger charge is -2.13. The molecule has 0 atom stereocenters. The maximum atomic E-state index is 13.3. The fraction of sp³-hybridized carbons (Fsp3) is 0.294. The number of hydrogen-bond donors (Lipinski definition) is 2. The molecule has 2 aromatic rings. The number of hydrogen-bond acceptors (Lipinski definition) is 3. The van der Waals surface area contributed by atoms with Crippen LogP contribution in [0.15, 0.2) is 42.5 Å². The summed E-state index contributed by atoms with van der Waals surface area (Å²) in [6.07, 6.45) is -4.74. The summed E-state index contributed by atoms with van der Waals surface area (Å²) in [4.78, 5) is 0. The lowest BCUT2D eigenvalue weighted by Crippen LogP contribution is -2.18. The van der Waals surface area contributed by atoms with Gasteiger partial charge in [0.15, 0.2) is 0 Å². The number of aliphatic hydroxyl groups is 1. The van der Waals surface area contributed by atoms with Crippen LogP contribution in [0.5, 0.6) is 5.75 Å². The van der Waals surface area contributed by atoms with E-state index in [9.17, 15) is 17.6 Å².